The monoisotopic (exact) mass is 396 g/mol. The van der Waals surface area contributed by atoms with Crippen LogP contribution in [0.2, 0.25) is 0 Å². The predicted octanol–water partition coefficient (Wildman–Crippen LogP) is 2.93. The van der Waals surface area contributed by atoms with Crippen LogP contribution in [0.25, 0.3) is 0 Å². The van der Waals surface area contributed by atoms with Crippen LogP contribution in [0.15, 0.2) is 18.2 Å². The first kappa shape index (κ1) is 21.7. The molecule has 0 aliphatic heterocycles. The van der Waals surface area contributed by atoms with Crippen molar-refractivity contribution >= 4 is 21.6 Å². The summed E-state index contributed by atoms with van der Waals surface area (Å²) in [5.41, 5.74) is 2.24. The van der Waals surface area contributed by atoms with E-state index in [0.29, 0.717) is 24.9 Å². The van der Waals surface area contributed by atoms with Crippen LogP contribution in [0.5, 0.6) is 0 Å². The quantitative estimate of drug-likeness (QED) is 0.651. The van der Waals surface area contributed by atoms with E-state index in [1.54, 1.807) is 0 Å². The Labute approximate surface area is 163 Å². The summed E-state index contributed by atoms with van der Waals surface area (Å²) >= 11 is 0. The maximum absolute atomic E-state index is 12.3. The van der Waals surface area contributed by atoms with Crippen molar-refractivity contribution in [2.45, 2.75) is 58.5 Å². The smallest absolute Gasteiger partial charge is 0.240 e. The number of ether oxygens (including phenoxy) is 1. The molecule has 0 heterocycles. The predicted molar refractivity (Wildman–Crippen MR) is 109 cm³/mol. The topological polar surface area (TPSA) is 75.7 Å². The van der Waals surface area contributed by atoms with Gasteiger partial charge in [-0.2, -0.15) is 0 Å². The Balaban J connectivity index is 1.84. The maximum atomic E-state index is 12.3. The van der Waals surface area contributed by atoms with Gasteiger partial charge >= 0.3 is 0 Å². The Morgan fingerprint density at radius 1 is 1.19 bits per heavy atom. The van der Waals surface area contributed by atoms with E-state index in [9.17, 15) is 13.2 Å². The van der Waals surface area contributed by atoms with E-state index < -0.39 is 10.0 Å². The zero-order chi connectivity index (χ0) is 19.9. The number of sulfonamides is 1. The van der Waals surface area contributed by atoms with Gasteiger partial charge in [0.1, 0.15) is 6.54 Å². The molecular formula is C20H32N2O4S. The summed E-state index contributed by atoms with van der Waals surface area (Å²) in [5.74, 6) is -0.305. The van der Waals surface area contributed by atoms with Gasteiger partial charge in [0.2, 0.25) is 15.9 Å². The van der Waals surface area contributed by atoms with Gasteiger partial charge in [-0.25, -0.2) is 8.42 Å². The lowest BCUT2D eigenvalue weighted by Gasteiger charge is -2.25. The van der Waals surface area contributed by atoms with E-state index >= 15 is 0 Å². The van der Waals surface area contributed by atoms with Crippen molar-refractivity contribution in [2.24, 2.45) is 0 Å². The first-order valence-corrected chi connectivity index (χ1v) is 11.6. The Hall–Kier alpha value is -1.60. The van der Waals surface area contributed by atoms with Crippen molar-refractivity contribution in [2.75, 3.05) is 30.3 Å². The molecule has 0 unspecified atom stereocenters. The van der Waals surface area contributed by atoms with Crippen LogP contribution >= 0.6 is 0 Å². The minimum absolute atomic E-state index is 0.214. The summed E-state index contributed by atoms with van der Waals surface area (Å²) in [6.45, 7) is 4.59. The van der Waals surface area contributed by atoms with E-state index in [1.165, 1.54) is 23.6 Å². The molecule has 1 aromatic carbocycles. The molecule has 0 atom stereocenters. The Bertz CT molecular complexity index is 707. The third-order valence-corrected chi connectivity index (χ3v) is 6.04. The molecule has 1 N–H and O–H groups in total. The normalized spacial score (nSPS) is 15.5. The number of nitrogens with one attached hydrogen (secondary N) is 1. The molecule has 7 heteroatoms. The number of hydrogen-bond donors (Lipinski definition) is 1. The molecule has 1 saturated carbocycles. The van der Waals surface area contributed by atoms with Gasteiger partial charge in [0.15, 0.2) is 0 Å². The van der Waals surface area contributed by atoms with Gasteiger partial charge in [-0.05, 0) is 44.2 Å². The molecule has 27 heavy (non-hydrogen) atoms. The molecule has 0 spiro atoms. The molecule has 1 aliphatic carbocycles. The van der Waals surface area contributed by atoms with Gasteiger partial charge < -0.3 is 10.1 Å². The van der Waals surface area contributed by atoms with Gasteiger partial charge in [-0.3, -0.25) is 9.10 Å². The van der Waals surface area contributed by atoms with Crippen molar-refractivity contribution in [1.82, 2.24) is 5.32 Å². The lowest BCUT2D eigenvalue weighted by Crippen LogP contribution is -2.41. The van der Waals surface area contributed by atoms with Crippen LogP contribution < -0.4 is 9.62 Å². The van der Waals surface area contributed by atoms with Gasteiger partial charge in [-0.15, -0.1) is 0 Å². The summed E-state index contributed by atoms with van der Waals surface area (Å²) in [5, 5.41) is 2.81. The summed E-state index contributed by atoms with van der Waals surface area (Å²) in [6, 6.07) is 5.57. The van der Waals surface area contributed by atoms with Crippen LogP contribution in [-0.2, 0) is 19.6 Å². The van der Waals surface area contributed by atoms with Crippen molar-refractivity contribution in [3.05, 3.63) is 29.3 Å². The second-order valence-electron chi connectivity index (χ2n) is 7.34. The fraction of sp³-hybridized carbons (Fsp3) is 0.650. The first-order chi connectivity index (χ1) is 12.8. The third-order valence-electron chi connectivity index (χ3n) is 4.93. The summed E-state index contributed by atoms with van der Waals surface area (Å²) in [4.78, 5) is 12.3. The molecule has 152 valence electrons. The molecule has 1 aliphatic rings. The fourth-order valence-electron chi connectivity index (χ4n) is 3.53. The van der Waals surface area contributed by atoms with Crippen LogP contribution in [0, 0.1) is 13.8 Å². The highest BCUT2D eigenvalue weighted by molar-refractivity contribution is 7.92. The zero-order valence-electron chi connectivity index (χ0n) is 16.7. The van der Waals surface area contributed by atoms with Gasteiger partial charge in [-0.1, -0.05) is 37.5 Å². The molecule has 2 rings (SSSR count). The number of rotatable bonds is 9. The van der Waals surface area contributed by atoms with Crippen molar-refractivity contribution in [3.63, 3.8) is 0 Å². The molecule has 1 amide bonds. The summed E-state index contributed by atoms with van der Waals surface area (Å²) in [7, 11) is -3.56. The Morgan fingerprint density at radius 2 is 1.81 bits per heavy atom. The first-order valence-electron chi connectivity index (χ1n) is 9.71. The number of amides is 1. The van der Waals surface area contributed by atoms with Gasteiger partial charge in [0.25, 0.3) is 0 Å². The molecule has 0 aromatic heterocycles. The molecular weight excluding hydrogens is 364 g/mol. The highest BCUT2D eigenvalue weighted by Crippen LogP contribution is 2.26. The standard InChI is InChI=1S/C20H32N2O4S/c1-16-9-7-10-17(2)20(16)22(27(3,24)25)15-19(23)21-13-8-14-26-18-11-5-4-6-12-18/h7,9-10,18H,4-6,8,11-15H2,1-3H3,(H,21,23). The SMILES string of the molecule is Cc1cccc(C)c1N(CC(=O)NCCCOC1CCCCC1)S(C)(=O)=O. The van der Waals surface area contributed by atoms with Crippen LogP contribution in [-0.4, -0.2) is 46.4 Å². The number of para-hydroxylation sites is 1. The summed E-state index contributed by atoms with van der Waals surface area (Å²) in [6.07, 6.45) is 8.25. The van der Waals surface area contributed by atoms with Gasteiger partial charge in [0, 0.05) is 13.2 Å². The maximum Gasteiger partial charge on any atom is 0.240 e. The molecule has 1 aromatic rings. The lowest BCUT2D eigenvalue weighted by atomic mass is 9.98. The van der Waals surface area contributed by atoms with Crippen molar-refractivity contribution in [3.8, 4) is 0 Å². The van der Waals surface area contributed by atoms with Crippen molar-refractivity contribution in [1.29, 1.82) is 0 Å². The lowest BCUT2D eigenvalue weighted by molar-refractivity contribution is -0.119. The highest BCUT2D eigenvalue weighted by atomic mass is 32.2. The van der Waals surface area contributed by atoms with Crippen LogP contribution in [0.4, 0.5) is 5.69 Å². The average molecular weight is 397 g/mol. The van der Waals surface area contributed by atoms with E-state index in [1.807, 2.05) is 32.0 Å². The van der Waals surface area contributed by atoms with Gasteiger partial charge in [0.05, 0.1) is 18.0 Å². The minimum Gasteiger partial charge on any atom is -0.378 e. The second-order valence-corrected chi connectivity index (χ2v) is 9.25. The minimum atomic E-state index is -3.56. The van der Waals surface area contributed by atoms with Crippen LogP contribution in [0.3, 0.4) is 0 Å². The molecule has 0 radical (unpaired) electrons. The number of carbonyl (C=O) groups excluding carboxylic acids is 1. The number of hydrogen-bond acceptors (Lipinski definition) is 4. The average Bonchev–Trinajstić information content (AvgIpc) is 2.60. The Morgan fingerprint density at radius 3 is 2.41 bits per heavy atom. The molecule has 6 nitrogen and oxygen atoms in total. The molecule has 0 bridgehead atoms. The molecule has 0 saturated heterocycles. The Kier molecular flexibility index (Phi) is 8.10. The van der Waals surface area contributed by atoms with E-state index in [-0.39, 0.29) is 12.5 Å². The number of aryl methyl sites for hydroxylation is 2. The summed E-state index contributed by atoms with van der Waals surface area (Å²) < 4.78 is 31.5. The van der Waals surface area contributed by atoms with Crippen molar-refractivity contribution < 1.29 is 17.9 Å². The number of carbonyl (C=O) groups is 1. The molecule has 1 fully saturated rings. The highest BCUT2D eigenvalue weighted by Gasteiger charge is 2.23. The fourth-order valence-corrected chi connectivity index (χ4v) is 4.50. The largest absolute Gasteiger partial charge is 0.378 e. The van der Waals surface area contributed by atoms with E-state index in [2.05, 4.69) is 5.32 Å². The number of benzene rings is 1. The third kappa shape index (κ3) is 6.81. The number of anilines is 1. The van der Waals surface area contributed by atoms with Crippen LogP contribution in [0.1, 0.15) is 49.7 Å². The van der Waals surface area contributed by atoms with E-state index in [0.717, 1.165) is 36.6 Å². The number of nitrogens with zero attached hydrogens (tertiary/aromatic N) is 1. The second kappa shape index (κ2) is 10.1. The zero-order valence-corrected chi connectivity index (χ0v) is 17.5. The van der Waals surface area contributed by atoms with E-state index in [4.69, 9.17) is 4.74 Å².